The summed E-state index contributed by atoms with van der Waals surface area (Å²) in [4.78, 5) is 24.7. The van der Waals surface area contributed by atoms with Crippen molar-refractivity contribution in [3.8, 4) is 11.5 Å². The zero-order valence-corrected chi connectivity index (χ0v) is 14.2. The number of ether oxygens (including phenoxy) is 2. The number of benzene rings is 1. The largest absolute Gasteiger partial charge is 0.486 e. The minimum Gasteiger partial charge on any atom is -0.486 e. The molecule has 6 heteroatoms. The fourth-order valence-corrected chi connectivity index (χ4v) is 3.21. The maximum atomic E-state index is 12.1. The third-order valence-corrected chi connectivity index (χ3v) is 4.73. The van der Waals surface area contributed by atoms with Gasteiger partial charge in [0, 0.05) is 12.8 Å². The van der Waals surface area contributed by atoms with E-state index in [-0.39, 0.29) is 30.6 Å². The van der Waals surface area contributed by atoms with Crippen LogP contribution < -0.4 is 14.8 Å². The highest BCUT2D eigenvalue weighted by Crippen LogP contribution is 2.32. The third-order valence-electron chi connectivity index (χ3n) is 3.82. The van der Waals surface area contributed by atoms with Crippen LogP contribution in [0.1, 0.15) is 41.0 Å². The van der Waals surface area contributed by atoms with Crippen LogP contribution in [0, 0.1) is 0 Å². The van der Waals surface area contributed by atoms with E-state index in [2.05, 4.69) is 5.32 Å². The van der Waals surface area contributed by atoms with Crippen LogP contribution >= 0.6 is 11.3 Å². The molecule has 1 N–H and O–H groups in total. The molecule has 1 atom stereocenters. The number of rotatable bonds is 6. The van der Waals surface area contributed by atoms with Crippen LogP contribution in [0.3, 0.4) is 0 Å². The van der Waals surface area contributed by atoms with E-state index < -0.39 is 0 Å². The number of thiophene rings is 1. The number of Topliss-reactive ketones (excluding diaryl/α,β-unsaturated/α-hetero) is 1. The monoisotopic (exact) mass is 345 g/mol. The lowest BCUT2D eigenvalue weighted by Gasteiger charge is -2.21. The molecule has 1 amide bonds. The van der Waals surface area contributed by atoms with Crippen LogP contribution in [0.25, 0.3) is 0 Å². The van der Waals surface area contributed by atoms with Gasteiger partial charge in [-0.25, -0.2) is 0 Å². The van der Waals surface area contributed by atoms with Crippen LogP contribution in [0.15, 0.2) is 35.7 Å². The molecule has 1 aliphatic rings. The first-order valence-electron chi connectivity index (χ1n) is 7.89. The lowest BCUT2D eigenvalue weighted by atomic mass is 10.1. The number of fused-ring (bicyclic) bond motifs is 1. The Labute approximate surface area is 144 Å². The van der Waals surface area contributed by atoms with E-state index >= 15 is 0 Å². The number of amides is 1. The Morgan fingerprint density at radius 2 is 1.96 bits per heavy atom. The standard InChI is InChI=1S/C18H19NO4S/c1-12(13-4-6-15-16(11-13)23-9-8-22-15)19-18(21)7-5-14(20)17-3-2-10-24-17/h2-4,6,10-12H,5,7-9H2,1H3,(H,19,21)/t12-/m0/s1. The van der Waals surface area contributed by atoms with Gasteiger partial charge in [-0.05, 0) is 36.1 Å². The van der Waals surface area contributed by atoms with E-state index in [4.69, 9.17) is 9.47 Å². The van der Waals surface area contributed by atoms with Gasteiger partial charge in [0.1, 0.15) is 13.2 Å². The van der Waals surface area contributed by atoms with Gasteiger partial charge in [-0.3, -0.25) is 9.59 Å². The Kier molecular flexibility index (Phi) is 5.15. The highest BCUT2D eigenvalue weighted by atomic mass is 32.1. The molecule has 2 heterocycles. The Morgan fingerprint density at radius 3 is 2.71 bits per heavy atom. The molecule has 1 aliphatic heterocycles. The molecule has 0 aliphatic carbocycles. The van der Waals surface area contributed by atoms with Crippen LogP contribution in [-0.2, 0) is 4.79 Å². The maximum absolute atomic E-state index is 12.1. The molecule has 3 rings (SSSR count). The van der Waals surface area contributed by atoms with E-state index in [1.165, 1.54) is 11.3 Å². The summed E-state index contributed by atoms with van der Waals surface area (Å²) in [5.41, 5.74) is 0.942. The Bertz CT molecular complexity index is 727. The highest BCUT2D eigenvalue weighted by Gasteiger charge is 2.16. The van der Waals surface area contributed by atoms with Crippen molar-refractivity contribution in [2.45, 2.75) is 25.8 Å². The lowest BCUT2D eigenvalue weighted by molar-refractivity contribution is -0.121. The highest BCUT2D eigenvalue weighted by molar-refractivity contribution is 7.12. The Morgan fingerprint density at radius 1 is 1.17 bits per heavy atom. The molecule has 0 saturated carbocycles. The normalized spacial score (nSPS) is 14.0. The molecule has 1 aromatic heterocycles. The molecule has 24 heavy (non-hydrogen) atoms. The molecule has 0 spiro atoms. The second-order valence-corrected chi connectivity index (χ2v) is 6.54. The van der Waals surface area contributed by atoms with Crippen molar-refractivity contribution in [3.05, 3.63) is 46.2 Å². The first-order chi connectivity index (χ1) is 11.6. The van der Waals surface area contributed by atoms with Gasteiger partial charge in [0.15, 0.2) is 17.3 Å². The van der Waals surface area contributed by atoms with Crippen molar-refractivity contribution in [2.24, 2.45) is 0 Å². The molecule has 0 radical (unpaired) electrons. The third kappa shape index (κ3) is 3.94. The van der Waals surface area contributed by atoms with Gasteiger partial charge < -0.3 is 14.8 Å². The number of hydrogen-bond acceptors (Lipinski definition) is 5. The van der Waals surface area contributed by atoms with E-state index in [1.807, 2.05) is 36.6 Å². The van der Waals surface area contributed by atoms with Gasteiger partial charge in [0.2, 0.25) is 5.91 Å². The lowest BCUT2D eigenvalue weighted by Crippen LogP contribution is -2.27. The minimum atomic E-state index is -0.162. The van der Waals surface area contributed by atoms with Crippen LogP contribution in [-0.4, -0.2) is 24.9 Å². The fourth-order valence-electron chi connectivity index (χ4n) is 2.51. The van der Waals surface area contributed by atoms with Crippen LogP contribution in [0.4, 0.5) is 0 Å². The van der Waals surface area contributed by atoms with E-state index in [9.17, 15) is 9.59 Å². The van der Waals surface area contributed by atoms with Crippen molar-refractivity contribution < 1.29 is 19.1 Å². The summed E-state index contributed by atoms with van der Waals surface area (Å²) in [7, 11) is 0. The average molecular weight is 345 g/mol. The molecule has 0 saturated heterocycles. The Hall–Kier alpha value is -2.34. The summed E-state index contributed by atoms with van der Waals surface area (Å²) in [5.74, 6) is 1.30. The summed E-state index contributed by atoms with van der Waals surface area (Å²) in [6, 6.07) is 9.10. The molecular weight excluding hydrogens is 326 g/mol. The van der Waals surface area contributed by atoms with Gasteiger partial charge in [-0.1, -0.05) is 12.1 Å². The molecule has 126 valence electrons. The quantitative estimate of drug-likeness (QED) is 0.816. The van der Waals surface area contributed by atoms with E-state index in [0.717, 1.165) is 11.3 Å². The zero-order valence-electron chi connectivity index (χ0n) is 13.4. The van der Waals surface area contributed by atoms with E-state index in [1.54, 1.807) is 6.07 Å². The van der Waals surface area contributed by atoms with Crippen LogP contribution in [0.2, 0.25) is 0 Å². The number of carbonyl (C=O) groups is 2. The molecular formula is C18H19NO4S. The van der Waals surface area contributed by atoms with Crippen molar-refractivity contribution in [1.82, 2.24) is 5.32 Å². The molecule has 1 aromatic carbocycles. The summed E-state index contributed by atoms with van der Waals surface area (Å²) >= 11 is 1.40. The van der Waals surface area contributed by atoms with Crippen molar-refractivity contribution in [2.75, 3.05) is 13.2 Å². The molecule has 0 fully saturated rings. The smallest absolute Gasteiger partial charge is 0.220 e. The zero-order chi connectivity index (χ0) is 16.9. The van der Waals surface area contributed by atoms with Gasteiger partial charge in [0.05, 0.1) is 10.9 Å². The van der Waals surface area contributed by atoms with E-state index in [0.29, 0.717) is 23.8 Å². The molecule has 2 aromatic rings. The van der Waals surface area contributed by atoms with Gasteiger partial charge in [-0.2, -0.15) is 0 Å². The summed E-state index contributed by atoms with van der Waals surface area (Å²) in [5, 5.41) is 4.78. The van der Waals surface area contributed by atoms with Gasteiger partial charge in [0.25, 0.3) is 0 Å². The van der Waals surface area contributed by atoms with Gasteiger partial charge >= 0.3 is 0 Å². The molecule has 0 unspecified atom stereocenters. The second-order valence-electron chi connectivity index (χ2n) is 5.59. The summed E-state index contributed by atoms with van der Waals surface area (Å²) in [6.45, 7) is 2.99. The average Bonchev–Trinajstić information content (AvgIpc) is 3.14. The Balaban J connectivity index is 1.53. The molecule has 5 nitrogen and oxygen atoms in total. The number of carbonyl (C=O) groups excluding carboxylic acids is 2. The van der Waals surface area contributed by atoms with Crippen molar-refractivity contribution in [1.29, 1.82) is 0 Å². The SMILES string of the molecule is C[C@H](NC(=O)CCC(=O)c1cccs1)c1ccc2c(c1)OCCO2. The predicted molar refractivity (Wildman–Crippen MR) is 91.9 cm³/mol. The first kappa shape index (κ1) is 16.5. The molecule has 0 bridgehead atoms. The van der Waals surface area contributed by atoms with Crippen molar-refractivity contribution >= 4 is 23.0 Å². The maximum Gasteiger partial charge on any atom is 0.220 e. The van der Waals surface area contributed by atoms with Crippen molar-refractivity contribution in [3.63, 3.8) is 0 Å². The van der Waals surface area contributed by atoms with Crippen LogP contribution in [0.5, 0.6) is 11.5 Å². The minimum absolute atomic E-state index is 0.00660. The number of ketones is 1. The number of nitrogens with one attached hydrogen (secondary N) is 1. The predicted octanol–water partition coefficient (Wildman–Crippen LogP) is 3.36. The fraction of sp³-hybridized carbons (Fsp3) is 0.333. The topological polar surface area (TPSA) is 64.6 Å². The van der Waals surface area contributed by atoms with Gasteiger partial charge in [-0.15, -0.1) is 11.3 Å². The first-order valence-corrected chi connectivity index (χ1v) is 8.77. The number of hydrogen-bond donors (Lipinski definition) is 1. The summed E-state index contributed by atoms with van der Waals surface area (Å²) < 4.78 is 11.0. The second kappa shape index (κ2) is 7.49. The summed E-state index contributed by atoms with van der Waals surface area (Å²) in [6.07, 6.45) is 0.409.